The highest BCUT2D eigenvalue weighted by Crippen LogP contribution is 2.35. The molecule has 0 aromatic rings. The lowest BCUT2D eigenvalue weighted by Crippen LogP contribution is -2.34. The predicted molar refractivity (Wildman–Crippen MR) is 53.6 cm³/mol. The molecule has 2 heteroatoms. The van der Waals surface area contributed by atoms with Crippen LogP contribution in [0.3, 0.4) is 0 Å². The molecule has 78 valence electrons. The Kier molecular flexibility index (Phi) is 4.20. The van der Waals surface area contributed by atoms with E-state index < -0.39 is 0 Å². The van der Waals surface area contributed by atoms with Gasteiger partial charge in [0.1, 0.15) is 0 Å². The minimum atomic E-state index is -0.257. The second kappa shape index (κ2) is 4.97. The molecule has 1 saturated carbocycles. The minimum Gasteiger partial charge on any atom is -0.390 e. The van der Waals surface area contributed by atoms with Crippen LogP contribution in [0.5, 0.6) is 0 Å². The molecule has 1 aliphatic rings. The summed E-state index contributed by atoms with van der Waals surface area (Å²) >= 11 is 0. The summed E-state index contributed by atoms with van der Waals surface area (Å²) in [6.07, 6.45) is 3.31. The summed E-state index contributed by atoms with van der Waals surface area (Å²) in [6.45, 7) is 6.90. The topological polar surface area (TPSA) is 29.5 Å². The second-order valence-corrected chi connectivity index (χ2v) is 4.41. The van der Waals surface area contributed by atoms with Crippen LogP contribution in [0.15, 0.2) is 0 Å². The molecule has 0 radical (unpaired) electrons. The molecule has 1 N–H and O–H groups in total. The number of rotatable bonds is 6. The van der Waals surface area contributed by atoms with E-state index in [9.17, 15) is 5.11 Å². The highest BCUT2D eigenvalue weighted by atomic mass is 16.5. The van der Waals surface area contributed by atoms with Gasteiger partial charge in [0.05, 0.1) is 12.2 Å². The van der Waals surface area contributed by atoms with Gasteiger partial charge < -0.3 is 9.84 Å². The van der Waals surface area contributed by atoms with E-state index in [1.54, 1.807) is 0 Å². The molecule has 0 aliphatic heterocycles. The van der Waals surface area contributed by atoms with Crippen LogP contribution < -0.4 is 0 Å². The normalized spacial score (nSPS) is 21.9. The van der Waals surface area contributed by atoms with Gasteiger partial charge in [-0.25, -0.2) is 0 Å². The van der Waals surface area contributed by atoms with Crippen molar-refractivity contribution in [1.82, 2.24) is 0 Å². The molecule has 0 aromatic heterocycles. The Labute approximate surface area is 81.3 Å². The molecular weight excluding hydrogens is 164 g/mol. The van der Waals surface area contributed by atoms with Gasteiger partial charge in [0.2, 0.25) is 0 Å². The van der Waals surface area contributed by atoms with Crippen LogP contribution in [0.2, 0.25) is 0 Å². The molecule has 0 saturated heterocycles. The fourth-order valence-electron chi connectivity index (χ4n) is 1.77. The van der Waals surface area contributed by atoms with Crippen LogP contribution in [0.25, 0.3) is 0 Å². The fourth-order valence-corrected chi connectivity index (χ4v) is 1.77. The van der Waals surface area contributed by atoms with E-state index in [2.05, 4.69) is 13.8 Å². The molecule has 2 unspecified atom stereocenters. The Bertz CT molecular complexity index is 141. The van der Waals surface area contributed by atoms with Crippen molar-refractivity contribution < 1.29 is 9.84 Å². The number of hydrogen-bond donors (Lipinski definition) is 1. The maximum absolute atomic E-state index is 9.90. The quantitative estimate of drug-likeness (QED) is 0.689. The molecule has 0 aromatic carbocycles. The van der Waals surface area contributed by atoms with Crippen LogP contribution >= 0.6 is 0 Å². The van der Waals surface area contributed by atoms with Gasteiger partial charge in [0.15, 0.2) is 0 Å². The summed E-state index contributed by atoms with van der Waals surface area (Å²) in [5.41, 5.74) is 0. The van der Waals surface area contributed by atoms with Gasteiger partial charge in [-0.1, -0.05) is 26.7 Å². The Morgan fingerprint density at radius 2 is 2.00 bits per heavy atom. The Morgan fingerprint density at radius 1 is 1.38 bits per heavy atom. The van der Waals surface area contributed by atoms with Crippen LogP contribution in [-0.2, 0) is 4.74 Å². The molecular formula is C11H22O2. The van der Waals surface area contributed by atoms with Crippen molar-refractivity contribution in [2.24, 2.45) is 11.8 Å². The first kappa shape index (κ1) is 11.0. The van der Waals surface area contributed by atoms with Crippen LogP contribution in [0, 0.1) is 11.8 Å². The maximum atomic E-state index is 9.90. The number of hydrogen-bond acceptors (Lipinski definition) is 2. The standard InChI is InChI=1S/C11H22O2/c1-4-13-11(8(2)3)10(12)7-9-5-6-9/h8-12H,4-7H2,1-3H3. The van der Waals surface area contributed by atoms with Crippen molar-refractivity contribution in [2.45, 2.75) is 52.2 Å². The average Bonchev–Trinajstić information content (AvgIpc) is 2.83. The van der Waals surface area contributed by atoms with Crippen LogP contribution in [0.1, 0.15) is 40.0 Å². The highest BCUT2D eigenvalue weighted by Gasteiger charge is 2.30. The molecule has 0 amide bonds. The number of aliphatic hydroxyl groups excluding tert-OH is 1. The molecule has 1 rings (SSSR count). The van der Waals surface area contributed by atoms with Crippen molar-refractivity contribution in [3.63, 3.8) is 0 Å². The summed E-state index contributed by atoms with van der Waals surface area (Å²) < 4.78 is 5.54. The van der Waals surface area contributed by atoms with Gasteiger partial charge in [0, 0.05) is 6.61 Å². The molecule has 1 fully saturated rings. The van der Waals surface area contributed by atoms with Gasteiger partial charge in [-0.05, 0) is 25.2 Å². The smallest absolute Gasteiger partial charge is 0.0856 e. The zero-order valence-corrected chi connectivity index (χ0v) is 8.99. The molecule has 0 spiro atoms. The lowest BCUT2D eigenvalue weighted by molar-refractivity contribution is -0.0614. The largest absolute Gasteiger partial charge is 0.390 e. The highest BCUT2D eigenvalue weighted by molar-refractivity contribution is 4.81. The fraction of sp³-hybridized carbons (Fsp3) is 1.00. The third kappa shape index (κ3) is 3.65. The monoisotopic (exact) mass is 186 g/mol. The number of ether oxygens (including phenoxy) is 1. The predicted octanol–water partition coefficient (Wildman–Crippen LogP) is 2.21. The molecule has 13 heavy (non-hydrogen) atoms. The third-order valence-electron chi connectivity index (χ3n) is 2.67. The van der Waals surface area contributed by atoms with Gasteiger partial charge in [-0.15, -0.1) is 0 Å². The summed E-state index contributed by atoms with van der Waals surface area (Å²) in [5.74, 6) is 1.19. The molecule has 2 atom stereocenters. The summed E-state index contributed by atoms with van der Waals surface area (Å²) in [5, 5.41) is 9.90. The Hall–Kier alpha value is -0.0800. The molecule has 0 heterocycles. The summed E-state index contributed by atoms with van der Waals surface area (Å²) in [4.78, 5) is 0. The zero-order chi connectivity index (χ0) is 9.84. The first-order valence-electron chi connectivity index (χ1n) is 5.44. The van der Waals surface area contributed by atoms with Crippen LogP contribution in [-0.4, -0.2) is 23.9 Å². The van der Waals surface area contributed by atoms with E-state index in [0.717, 1.165) is 12.3 Å². The minimum absolute atomic E-state index is 0.0330. The van der Waals surface area contributed by atoms with Crippen molar-refractivity contribution in [3.8, 4) is 0 Å². The van der Waals surface area contributed by atoms with E-state index in [1.807, 2.05) is 6.92 Å². The summed E-state index contributed by atoms with van der Waals surface area (Å²) in [7, 11) is 0. The average molecular weight is 186 g/mol. The van der Waals surface area contributed by atoms with E-state index in [-0.39, 0.29) is 12.2 Å². The van der Waals surface area contributed by atoms with Gasteiger partial charge in [-0.3, -0.25) is 0 Å². The Morgan fingerprint density at radius 3 is 2.38 bits per heavy atom. The summed E-state index contributed by atoms with van der Waals surface area (Å²) in [6, 6.07) is 0. The third-order valence-corrected chi connectivity index (χ3v) is 2.67. The van der Waals surface area contributed by atoms with Crippen molar-refractivity contribution >= 4 is 0 Å². The van der Waals surface area contributed by atoms with Crippen LogP contribution in [0.4, 0.5) is 0 Å². The SMILES string of the molecule is CCOC(C(C)C)C(O)CC1CC1. The lowest BCUT2D eigenvalue weighted by atomic mass is 9.98. The van der Waals surface area contributed by atoms with Crippen molar-refractivity contribution in [2.75, 3.05) is 6.61 Å². The second-order valence-electron chi connectivity index (χ2n) is 4.41. The molecule has 2 nitrogen and oxygen atoms in total. The lowest BCUT2D eigenvalue weighted by Gasteiger charge is -2.26. The van der Waals surface area contributed by atoms with Gasteiger partial charge in [0.25, 0.3) is 0 Å². The van der Waals surface area contributed by atoms with Gasteiger partial charge in [-0.2, -0.15) is 0 Å². The van der Waals surface area contributed by atoms with Gasteiger partial charge >= 0.3 is 0 Å². The number of aliphatic hydroxyl groups is 1. The van der Waals surface area contributed by atoms with Crippen molar-refractivity contribution in [3.05, 3.63) is 0 Å². The van der Waals surface area contributed by atoms with Crippen molar-refractivity contribution in [1.29, 1.82) is 0 Å². The molecule has 1 aliphatic carbocycles. The van der Waals surface area contributed by atoms with E-state index in [0.29, 0.717) is 12.5 Å². The maximum Gasteiger partial charge on any atom is 0.0856 e. The van der Waals surface area contributed by atoms with E-state index >= 15 is 0 Å². The first-order valence-corrected chi connectivity index (χ1v) is 5.44. The van der Waals surface area contributed by atoms with E-state index in [4.69, 9.17) is 4.74 Å². The van der Waals surface area contributed by atoms with E-state index in [1.165, 1.54) is 12.8 Å². The molecule has 0 bridgehead atoms. The zero-order valence-electron chi connectivity index (χ0n) is 8.99. The Balaban J connectivity index is 2.31. The first-order chi connectivity index (χ1) is 6.15.